The molecule has 0 bridgehead atoms. The second kappa shape index (κ2) is 5.91. The summed E-state index contributed by atoms with van der Waals surface area (Å²) >= 11 is 0. The second-order valence-electron chi connectivity index (χ2n) is 6.04. The number of aryl methyl sites for hydroxylation is 2. The molecule has 0 radical (unpaired) electrons. The van der Waals surface area contributed by atoms with Gasteiger partial charge in [-0.1, -0.05) is 13.8 Å². The van der Waals surface area contributed by atoms with E-state index in [1.54, 1.807) is 0 Å². The van der Waals surface area contributed by atoms with Crippen molar-refractivity contribution in [3.63, 3.8) is 0 Å². The number of ether oxygens (including phenoxy) is 1. The third-order valence-corrected chi connectivity index (χ3v) is 4.47. The average molecular weight is 262 g/mol. The van der Waals surface area contributed by atoms with E-state index in [9.17, 15) is 0 Å². The fraction of sp³-hybridized carbons (Fsp3) is 0.688. The predicted molar refractivity (Wildman–Crippen MR) is 78.2 cm³/mol. The molecule has 1 fully saturated rings. The van der Waals surface area contributed by atoms with E-state index < -0.39 is 0 Å². The van der Waals surface area contributed by atoms with Gasteiger partial charge in [0.05, 0.1) is 6.10 Å². The average Bonchev–Trinajstić information content (AvgIpc) is 2.33. The van der Waals surface area contributed by atoms with E-state index in [-0.39, 0.29) is 0 Å². The largest absolute Gasteiger partial charge is 0.490 e. The molecule has 1 aromatic rings. The molecule has 1 saturated carbocycles. The van der Waals surface area contributed by atoms with Gasteiger partial charge in [0.25, 0.3) is 0 Å². The third kappa shape index (κ3) is 3.27. The lowest BCUT2D eigenvalue weighted by atomic mass is 9.80. The molecule has 0 saturated heterocycles. The minimum absolute atomic E-state index is 0.331. The van der Waals surface area contributed by atoms with Crippen LogP contribution in [0.5, 0.6) is 5.75 Å². The van der Waals surface area contributed by atoms with Crippen molar-refractivity contribution < 1.29 is 4.74 Å². The van der Waals surface area contributed by atoms with Crippen LogP contribution in [-0.4, -0.2) is 11.1 Å². The van der Waals surface area contributed by atoms with Gasteiger partial charge < -0.3 is 10.5 Å². The van der Waals surface area contributed by atoms with Crippen molar-refractivity contribution in [2.75, 3.05) is 0 Å². The number of nitrogens with two attached hydrogens (primary N) is 1. The van der Waals surface area contributed by atoms with Crippen LogP contribution in [0, 0.1) is 25.7 Å². The SMILES string of the molecule is Cc1cc(OC2CCC(C)C(C)C2)c(CN)c(C)n1. The molecular formula is C16H26N2O. The Balaban J connectivity index is 2.15. The molecule has 0 aliphatic heterocycles. The number of aromatic nitrogens is 1. The molecule has 0 amide bonds. The third-order valence-electron chi connectivity index (χ3n) is 4.47. The van der Waals surface area contributed by atoms with Crippen LogP contribution in [0.4, 0.5) is 0 Å². The molecule has 3 atom stereocenters. The van der Waals surface area contributed by atoms with E-state index in [0.29, 0.717) is 12.6 Å². The fourth-order valence-corrected chi connectivity index (χ4v) is 2.96. The van der Waals surface area contributed by atoms with Gasteiger partial charge in [-0.05, 0) is 44.9 Å². The molecular weight excluding hydrogens is 236 g/mol. The van der Waals surface area contributed by atoms with E-state index in [0.717, 1.165) is 47.4 Å². The standard InChI is InChI=1S/C16H26N2O/c1-10-5-6-14(7-11(10)2)19-16-8-12(3)18-13(4)15(16)9-17/h8,10-11,14H,5-7,9,17H2,1-4H3. The summed E-state index contributed by atoms with van der Waals surface area (Å²) in [5.74, 6) is 2.50. The van der Waals surface area contributed by atoms with Gasteiger partial charge in [-0.3, -0.25) is 4.98 Å². The summed E-state index contributed by atoms with van der Waals surface area (Å²) in [6, 6.07) is 2.03. The maximum Gasteiger partial charge on any atom is 0.127 e. The maximum absolute atomic E-state index is 6.24. The Kier molecular flexibility index (Phi) is 4.46. The molecule has 3 heteroatoms. The fourth-order valence-electron chi connectivity index (χ4n) is 2.96. The van der Waals surface area contributed by atoms with Crippen LogP contribution in [-0.2, 0) is 6.54 Å². The number of pyridine rings is 1. The topological polar surface area (TPSA) is 48.1 Å². The molecule has 0 spiro atoms. The zero-order chi connectivity index (χ0) is 14.0. The van der Waals surface area contributed by atoms with E-state index in [4.69, 9.17) is 10.5 Å². The Labute approximate surface area is 116 Å². The Morgan fingerprint density at radius 1 is 1.26 bits per heavy atom. The molecule has 1 aromatic heterocycles. The van der Waals surface area contributed by atoms with Crippen LogP contribution < -0.4 is 10.5 Å². The highest BCUT2D eigenvalue weighted by atomic mass is 16.5. The molecule has 0 aromatic carbocycles. The van der Waals surface area contributed by atoms with Gasteiger partial charge in [0.2, 0.25) is 0 Å². The highest BCUT2D eigenvalue weighted by molar-refractivity contribution is 5.37. The molecule has 1 heterocycles. The normalized spacial score (nSPS) is 27.3. The van der Waals surface area contributed by atoms with Crippen molar-refractivity contribution in [1.82, 2.24) is 4.98 Å². The summed E-state index contributed by atoms with van der Waals surface area (Å²) in [7, 11) is 0. The molecule has 1 aliphatic carbocycles. The van der Waals surface area contributed by atoms with E-state index in [1.807, 2.05) is 19.9 Å². The number of rotatable bonds is 3. The number of nitrogens with zero attached hydrogens (tertiary/aromatic N) is 1. The number of hydrogen-bond donors (Lipinski definition) is 1. The first-order chi connectivity index (χ1) is 9.01. The summed E-state index contributed by atoms with van der Waals surface area (Å²) in [5, 5.41) is 0. The minimum Gasteiger partial charge on any atom is -0.490 e. The van der Waals surface area contributed by atoms with Crippen molar-refractivity contribution in [3.8, 4) is 5.75 Å². The molecule has 2 N–H and O–H groups in total. The maximum atomic E-state index is 6.24. The highest BCUT2D eigenvalue weighted by Crippen LogP contribution is 2.33. The van der Waals surface area contributed by atoms with Crippen molar-refractivity contribution >= 4 is 0 Å². The quantitative estimate of drug-likeness (QED) is 0.908. The smallest absolute Gasteiger partial charge is 0.127 e. The van der Waals surface area contributed by atoms with Gasteiger partial charge >= 0.3 is 0 Å². The first kappa shape index (κ1) is 14.3. The first-order valence-corrected chi connectivity index (χ1v) is 7.35. The molecule has 106 valence electrons. The lowest BCUT2D eigenvalue weighted by Crippen LogP contribution is -2.29. The summed E-state index contributed by atoms with van der Waals surface area (Å²) in [5.41, 5.74) is 8.89. The Hall–Kier alpha value is -1.09. The van der Waals surface area contributed by atoms with Gasteiger partial charge in [0, 0.05) is 29.6 Å². The van der Waals surface area contributed by atoms with Crippen LogP contribution in [0.3, 0.4) is 0 Å². The van der Waals surface area contributed by atoms with Crippen LogP contribution in [0.15, 0.2) is 6.07 Å². The highest BCUT2D eigenvalue weighted by Gasteiger charge is 2.26. The summed E-state index contributed by atoms with van der Waals surface area (Å²) in [4.78, 5) is 4.47. The van der Waals surface area contributed by atoms with Gasteiger partial charge in [0.1, 0.15) is 5.75 Å². The molecule has 19 heavy (non-hydrogen) atoms. The van der Waals surface area contributed by atoms with E-state index >= 15 is 0 Å². The lowest BCUT2D eigenvalue weighted by Gasteiger charge is -2.32. The van der Waals surface area contributed by atoms with Crippen molar-refractivity contribution in [1.29, 1.82) is 0 Å². The van der Waals surface area contributed by atoms with E-state index in [2.05, 4.69) is 18.8 Å². The minimum atomic E-state index is 0.331. The van der Waals surface area contributed by atoms with Crippen LogP contribution in [0.1, 0.15) is 50.1 Å². The van der Waals surface area contributed by atoms with Crippen molar-refractivity contribution in [3.05, 3.63) is 23.0 Å². The van der Waals surface area contributed by atoms with Crippen LogP contribution in [0.2, 0.25) is 0 Å². The van der Waals surface area contributed by atoms with Gasteiger partial charge in [-0.15, -0.1) is 0 Å². The second-order valence-corrected chi connectivity index (χ2v) is 6.04. The molecule has 3 unspecified atom stereocenters. The summed E-state index contributed by atoms with van der Waals surface area (Å²) in [6.45, 7) is 9.17. The van der Waals surface area contributed by atoms with Crippen LogP contribution >= 0.6 is 0 Å². The number of hydrogen-bond acceptors (Lipinski definition) is 3. The Morgan fingerprint density at radius 3 is 2.63 bits per heavy atom. The zero-order valence-corrected chi connectivity index (χ0v) is 12.6. The van der Waals surface area contributed by atoms with Gasteiger partial charge in [-0.2, -0.15) is 0 Å². The van der Waals surface area contributed by atoms with Crippen molar-refractivity contribution in [2.24, 2.45) is 17.6 Å². The van der Waals surface area contributed by atoms with Crippen LogP contribution in [0.25, 0.3) is 0 Å². The van der Waals surface area contributed by atoms with Crippen molar-refractivity contribution in [2.45, 2.75) is 59.6 Å². The van der Waals surface area contributed by atoms with Gasteiger partial charge in [0.15, 0.2) is 0 Å². The summed E-state index contributed by atoms with van der Waals surface area (Å²) < 4.78 is 6.24. The van der Waals surface area contributed by atoms with E-state index in [1.165, 1.54) is 6.42 Å². The Morgan fingerprint density at radius 2 is 2.00 bits per heavy atom. The summed E-state index contributed by atoms with van der Waals surface area (Å²) in [6.07, 6.45) is 3.88. The lowest BCUT2D eigenvalue weighted by molar-refractivity contribution is 0.0995. The Bertz CT molecular complexity index is 445. The monoisotopic (exact) mass is 262 g/mol. The molecule has 2 rings (SSSR count). The zero-order valence-electron chi connectivity index (χ0n) is 12.6. The molecule has 1 aliphatic rings. The molecule has 3 nitrogen and oxygen atoms in total. The predicted octanol–water partition coefficient (Wildman–Crippen LogP) is 3.36. The van der Waals surface area contributed by atoms with Gasteiger partial charge in [-0.25, -0.2) is 0 Å². The first-order valence-electron chi connectivity index (χ1n) is 7.35.